The lowest BCUT2D eigenvalue weighted by molar-refractivity contribution is -0.165. The van der Waals surface area contributed by atoms with E-state index in [0.717, 1.165) is 32.1 Å². The van der Waals surface area contributed by atoms with E-state index in [1.54, 1.807) is 0 Å². The van der Waals surface area contributed by atoms with Gasteiger partial charge in [-0.15, -0.1) is 5.06 Å². The number of carbonyl (C=O) groups is 1. The van der Waals surface area contributed by atoms with Crippen molar-refractivity contribution in [2.24, 2.45) is 22.2 Å². The van der Waals surface area contributed by atoms with E-state index in [-0.39, 0.29) is 5.97 Å². The van der Waals surface area contributed by atoms with Crippen molar-refractivity contribution in [3.05, 3.63) is 35.9 Å². The summed E-state index contributed by atoms with van der Waals surface area (Å²) in [6.45, 7) is 10.00. The van der Waals surface area contributed by atoms with E-state index in [1.807, 2.05) is 35.4 Å². The molecule has 5 aliphatic rings. The number of nitrogens with zero attached hydrogens (tertiary/aromatic N) is 2. The summed E-state index contributed by atoms with van der Waals surface area (Å²) in [5.74, 6) is 0.718. The van der Waals surface area contributed by atoms with Gasteiger partial charge in [0.15, 0.2) is 0 Å². The molecular weight excluding hydrogens is 348 g/mol. The van der Waals surface area contributed by atoms with E-state index in [9.17, 15) is 4.79 Å². The van der Waals surface area contributed by atoms with E-state index in [0.29, 0.717) is 21.8 Å². The molecule has 0 aromatic heterocycles. The summed E-state index contributed by atoms with van der Waals surface area (Å²) in [5.41, 5.74) is 2.33. The van der Waals surface area contributed by atoms with Crippen LogP contribution in [0.1, 0.15) is 62.7 Å². The summed E-state index contributed by atoms with van der Waals surface area (Å²) < 4.78 is 0. The number of rotatable bonds is 4. The van der Waals surface area contributed by atoms with Gasteiger partial charge in [-0.2, -0.15) is 0 Å². The van der Waals surface area contributed by atoms with Crippen molar-refractivity contribution < 1.29 is 9.63 Å². The van der Waals surface area contributed by atoms with E-state index < -0.39 is 0 Å². The molecule has 4 bridgehead atoms. The van der Waals surface area contributed by atoms with E-state index in [1.165, 1.54) is 45.1 Å². The van der Waals surface area contributed by atoms with Gasteiger partial charge in [0.05, 0.1) is 5.56 Å². The minimum absolute atomic E-state index is 0.240. The molecule has 4 aliphatic carbocycles. The molecule has 1 aromatic rings. The van der Waals surface area contributed by atoms with Crippen LogP contribution in [0.5, 0.6) is 0 Å². The zero-order valence-electron chi connectivity index (χ0n) is 17.5. The predicted molar refractivity (Wildman–Crippen MR) is 110 cm³/mol. The van der Waals surface area contributed by atoms with Crippen LogP contribution in [-0.2, 0) is 4.84 Å². The summed E-state index contributed by atoms with van der Waals surface area (Å²) in [5, 5.41) is 1.86. The van der Waals surface area contributed by atoms with Crippen molar-refractivity contribution in [2.45, 2.75) is 52.4 Å². The third-order valence-corrected chi connectivity index (χ3v) is 7.85. The first-order chi connectivity index (χ1) is 13.3. The van der Waals surface area contributed by atoms with Crippen LogP contribution in [0.3, 0.4) is 0 Å². The first-order valence-electron chi connectivity index (χ1n) is 11.1. The van der Waals surface area contributed by atoms with Crippen LogP contribution >= 0.6 is 0 Å². The molecule has 5 fully saturated rings. The fraction of sp³-hybridized carbons (Fsp3) is 0.708. The number of piperazine rings is 1. The molecule has 2 unspecified atom stereocenters. The van der Waals surface area contributed by atoms with Crippen molar-refractivity contribution in [1.82, 2.24) is 9.96 Å². The average Bonchev–Trinajstić information content (AvgIpc) is 2.61. The monoisotopic (exact) mass is 382 g/mol. The van der Waals surface area contributed by atoms with Gasteiger partial charge in [-0.25, -0.2) is 4.79 Å². The Morgan fingerprint density at radius 3 is 2.21 bits per heavy atom. The minimum atomic E-state index is -0.240. The second-order valence-electron chi connectivity index (χ2n) is 11.1. The van der Waals surface area contributed by atoms with E-state index in [2.05, 4.69) is 18.7 Å². The van der Waals surface area contributed by atoms with Gasteiger partial charge < -0.3 is 4.84 Å². The molecule has 28 heavy (non-hydrogen) atoms. The Morgan fingerprint density at radius 2 is 1.61 bits per heavy atom. The lowest BCUT2D eigenvalue weighted by Gasteiger charge is -2.66. The standard InChI is InChI=1S/C24H34N2O2/c1-22-12-19-13-23(2,15-22)17-24(14-19,16-22)18-25-8-10-26(11-9-25)28-21(27)20-6-4-3-5-7-20/h3-7,19H,8-18H2,1-2H3. The summed E-state index contributed by atoms with van der Waals surface area (Å²) >= 11 is 0. The molecule has 6 rings (SSSR count). The second-order valence-corrected chi connectivity index (χ2v) is 11.1. The van der Waals surface area contributed by atoms with Gasteiger partial charge in [0.25, 0.3) is 0 Å². The Bertz CT molecular complexity index is 722. The van der Waals surface area contributed by atoms with Crippen LogP contribution in [0.4, 0.5) is 0 Å². The van der Waals surface area contributed by atoms with Crippen LogP contribution < -0.4 is 0 Å². The van der Waals surface area contributed by atoms with E-state index >= 15 is 0 Å². The molecule has 1 saturated heterocycles. The molecule has 4 saturated carbocycles. The van der Waals surface area contributed by atoms with Gasteiger partial charge in [-0.1, -0.05) is 32.0 Å². The molecule has 0 amide bonds. The third kappa shape index (κ3) is 3.50. The fourth-order valence-corrected chi connectivity index (χ4v) is 8.06. The highest BCUT2D eigenvalue weighted by molar-refractivity contribution is 5.89. The quantitative estimate of drug-likeness (QED) is 0.774. The summed E-state index contributed by atoms with van der Waals surface area (Å²) in [7, 11) is 0. The molecule has 1 heterocycles. The van der Waals surface area contributed by atoms with Crippen LogP contribution in [-0.4, -0.2) is 48.7 Å². The van der Waals surface area contributed by atoms with Crippen LogP contribution in [0.15, 0.2) is 30.3 Å². The maximum atomic E-state index is 12.3. The Morgan fingerprint density at radius 1 is 0.964 bits per heavy atom. The average molecular weight is 383 g/mol. The maximum absolute atomic E-state index is 12.3. The van der Waals surface area contributed by atoms with Gasteiger partial charge in [0.2, 0.25) is 0 Å². The summed E-state index contributed by atoms with van der Waals surface area (Å²) in [6.07, 6.45) is 8.68. The summed E-state index contributed by atoms with van der Waals surface area (Å²) in [4.78, 5) is 20.6. The Hall–Kier alpha value is -1.39. The number of hydrogen-bond acceptors (Lipinski definition) is 4. The number of hydroxylamine groups is 2. The fourth-order valence-electron chi connectivity index (χ4n) is 8.06. The highest BCUT2D eigenvalue weighted by Crippen LogP contribution is 2.69. The third-order valence-electron chi connectivity index (χ3n) is 7.85. The topological polar surface area (TPSA) is 32.8 Å². The molecule has 4 heteroatoms. The molecular formula is C24H34N2O2. The number of benzene rings is 1. The molecule has 152 valence electrons. The van der Waals surface area contributed by atoms with Crippen LogP contribution in [0.25, 0.3) is 0 Å². The van der Waals surface area contributed by atoms with Crippen molar-refractivity contribution in [3.63, 3.8) is 0 Å². The molecule has 4 nitrogen and oxygen atoms in total. The van der Waals surface area contributed by atoms with Crippen molar-refractivity contribution in [1.29, 1.82) is 0 Å². The first kappa shape index (κ1) is 18.6. The highest BCUT2D eigenvalue weighted by Gasteiger charge is 2.60. The Kier molecular flexibility index (Phi) is 4.37. The summed E-state index contributed by atoms with van der Waals surface area (Å²) in [6, 6.07) is 9.29. The van der Waals surface area contributed by atoms with E-state index in [4.69, 9.17) is 4.84 Å². The first-order valence-corrected chi connectivity index (χ1v) is 11.1. The SMILES string of the molecule is CC12CC3CC(C)(C1)CC(CN1CCN(OC(=O)c4ccccc4)CC1)(C3)C2. The highest BCUT2D eigenvalue weighted by atomic mass is 16.7. The largest absolute Gasteiger partial charge is 0.364 e. The van der Waals surface area contributed by atoms with Gasteiger partial charge in [-0.05, 0) is 72.8 Å². The van der Waals surface area contributed by atoms with Gasteiger partial charge in [0.1, 0.15) is 0 Å². The smallest absolute Gasteiger partial charge is 0.357 e. The maximum Gasteiger partial charge on any atom is 0.357 e. The Balaban J connectivity index is 1.18. The van der Waals surface area contributed by atoms with Crippen molar-refractivity contribution in [3.8, 4) is 0 Å². The number of hydrogen-bond donors (Lipinski definition) is 0. The van der Waals surface area contributed by atoms with Gasteiger partial charge in [-0.3, -0.25) is 4.90 Å². The lowest BCUT2D eigenvalue weighted by atomic mass is 9.40. The molecule has 0 spiro atoms. The normalized spacial score (nSPS) is 40.6. The van der Waals surface area contributed by atoms with Gasteiger partial charge >= 0.3 is 5.97 Å². The molecule has 1 aliphatic heterocycles. The number of carbonyl (C=O) groups excluding carboxylic acids is 1. The zero-order valence-corrected chi connectivity index (χ0v) is 17.5. The molecule has 0 radical (unpaired) electrons. The zero-order chi connectivity index (χ0) is 19.4. The second kappa shape index (κ2) is 6.56. The van der Waals surface area contributed by atoms with Crippen molar-refractivity contribution >= 4 is 5.97 Å². The molecule has 0 N–H and O–H groups in total. The van der Waals surface area contributed by atoms with Crippen molar-refractivity contribution in [2.75, 3.05) is 32.7 Å². The van der Waals surface area contributed by atoms with Crippen LogP contribution in [0, 0.1) is 22.2 Å². The van der Waals surface area contributed by atoms with Gasteiger partial charge in [0, 0.05) is 32.7 Å². The molecule has 2 atom stereocenters. The lowest BCUT2D eigenvalue weighted by Crippen LogP contribution is -2.59. The minimum Gasteiger partial charge on any atom is -0.364 e. The predicted octanol–water partition coefficient (Wildman–Crippen LogP) is 4.37. The Labute approximate surface area is 169 Å². The molecule has 1 aromatic carbocycles. The van der Waals surface area contributed by atoms with Crippen LogP contribution in [0.2, 0.25) is 0 Å².